The van der Waals surface area contributed by atoms with Crippen molar-refractivity contribution < 1.29 is 14.7 Å². The fourth-order valence-corrected chi connectivity index (χ4v) is 1.68. The van der Waals surface area contributed by atoms with Crippen LogP contribution in [0.2, 0.25) is 0 Å². The van der Waals surface area contributed by atoms with Gasteiger partial charge in [0.1, 0.15) is 0 Å². The molecular formula is C14H21N3O3. The molecule has 0 bridgehead atoms. The molecule has 2 N–H and O–H groups in total. The third kappa shape index (κ3) is 6.72. The van der Waals surface area contributed by atoms with E-state index in [0.29, 0.717) is 25.9 Å². The van der Waals surface area contributed by atoms with Crippen LogP contribution < -0.4 is 5.32 Å². The Kier molecular flexibility index (Phi) is 7.10. The van der Waals surface area contributed by atoms with E-state index in [4.69, 9.17) is 5.11 Å². The molecule has 0 fully saturated rings. The minimum Gasteiger partial charge on any atom is -0.481 e. The van der Waals surface area contributed by atoms with Gasteiger partial charge in [-0.3, -0.25) is 9.78 Å². The van der Waals surface area contributed by atoms with E-state index in [1.807, 2.05) is 12.1 Å². The van der Waals surface area contributed by atoms with Crippen molar-refractivity contribution in [2.24, 2.45) is 0 Å². The number of nitrogens with one attached hydrogen (secondary N) is 1. The number of nitrogens with zero attached hydrogens (tertiary/aromatic N) is 2. The van der Waals surface area contributed by atoms with Crippen LogP contribution in [-0.2, 0) is 11.2 Å². The summed E-state index contributed by atoms with van der Waals surface area (Å²) < 4.78 is 0. The van der Waals surface area contributed by atoms with Crippen molar-refractivity contribution in [2.75, 3.05) is 20.1 Å². The lowest BCUT2D eigenvalue weighted by Gasteiger charge is -2.17. The van der Waals surface area contributed by atoms with E-state index in [9.17, 15) is 9.59 Å². The van der Waals surface area contributed by atoms with Crippen molar-refractivity contribution in [3.63, 3.8) is 0 Å². The molecule has 0 aliphatic carbocycles. The van der Waals surface area contributed by atoms with Gasteiger partial charge in [-0.25, -0.2) is 4.79 Å². The number of rotatable bonds is 8. The van der Waals surface area contributed by atoms with E-state index in [1.54, 1.807) is 24.3 Å². The average molecular weight is 279 g/mol. The lowest BCUT2D eigenvalue weighted by Crippen LogP contribution is -2.38. The number of carboxylic acid groups (broad SMARTS) is 1. The third-order valence-electron chi connectivity index (χ3n) is 2.93. The van der Waals surface area contributed by atoms with Crippen molar-refractivity contribution in [3.05, 3.63) is 30.1 Å². The lowest BCUT2D eigenvalue weighted by atomic mass is 10.2. The molecule has 1 aromatic heterocycles. The van der Waals surface area contributed by atoms with Crippen LogP contribution in [0.5, 0.6) is 0 Å². The number of pyridine rings is 1. The van der Waals surface area contributed by atoms with Crippen molar-refractivity contribution >= 4 is 12.0 Å². The molecule has 0 aliphatic rings. The van der Waals surface area contributed by atoms with Gasteiger partial charge in [0.05, 0.1) is 0 Å². The molecule has 0 saturated heterocycles. The molecule has 0 atom stereocenters. The highest BCUT2D eigenvalue weighted by Gasteiger charge is 2.07. The number of carbonyl (C=O) groups is 2. The van der Waals surface area contributed by atoms with Crippen LogP contribution in [0.25, 0.3) is 0 Å². The van der Waals surface area contributed by atoms with Crippen LogP contribution in [0.15, 0.2) is 24.5 Å². The van der Waals surface area contributed by atoms with Gasteiger partial charge in [-0.05, 0) is 37.0 Å². The number of hydrogen-bond acceptors (Lipinski definition) is 3. The molecule has 1 aromatic rings. The van der Waals surface area contributed by atoms with Gasteiger partial charge in [-0.2, -0.15) is 0 Å². The van der Waals surface area contributed by atoms with Gasteiger partial charge in [0.15, 0.2) is 0 Å². The first-order valence-electron chi connectivity index (χ1n) is 6.69. The summed E-state index contributed by atoms with van der Waals surface area (Å²) in [6, 6.07) is 3.73. The van der Waals surface area contributed by atoms with Crippen LogP contribution in [-0.4, -0.2) is 47.1 Å². The zero-order valence-electron chi connectivity index (χ0n) is 11.7. The molecule has 6 nitrogen and oxygen atoms in total. The second-order valence-electron chi connectivity index (χ2n) is 4.61. The smallest absolute Gasteiger partial charge is 0.317 e. The first-order valence-corrected chi connectivity index (χ1v) is 6.69. The number of urea groups is 1. The van der Waals surface area contributed by atoms with E-state index in [-0.39, 0.29) is 12.5 Å². The molecule has 1 rings (SSSR count). The SMILES string of the molecule is CN(CCc1ccncc1)C(=O)NCCCCC(=O)O. The summed E-state index contributed by atoms with van der Waals surface area (Å²) in [4.78, 5) is 27.6. The summed E-state index contributed by atoms with van der Waals surface area (Å²) in [7, 11) is 1.74. The third-order valence-corrected chi connectivity index (χ3v) is 2.93. The van der Waals surface area contributed by atoms with Crippen LogP contribution >= 0.6 is 0 Å². The molecule has 6 heteroatoms. The highest BCUT2D eigenvalue weighted by molar-refractivity contribution is 5.73. The molecule has 1 heterocycles. The molecule has 0 spiro atoms. The van der Waals surface area contributed by atoms with Crippen LogP contribution in [0, 0.1) is 0 Å². The molecule has 0 aromatic carbocycles. The Morgan fingerprint density at radius 2 is 2.00 bits per heavy atom. The Bertz CT molecular complexity index is 423. The number of aliphatic carboxylic acids is 1. The minimum atomic E-state index is -0.800. The van der Waals surface area contributed by atoms with Gasteiger partial charge in [0.2, 0.25) is 0 Å². The maximum atomic E-state index is 11.7. The number of aromatic nitrogens is 1. The van der Waals surface area contributed by atoms with Crippen LogP contribution in [0.3, 0.4) is 0 Å². The van der Waals surface area contributed by atoms with E-state index in [0.717, 1.165) is 12.0 Å². The quantitative estimate of drug-likeness (QED) is 0.707. The Hall–Kier alpha value is -2.11. The van der Waals surface area contributed by atoms with Gasteiger partial charge in [-0.15, -0.1) is 0 Å². The van der Waals surface area contributed by atoms with E-state index >= 15 is 0 Å². The van der Waals surface area contributed by atoms with Crippen LogP contribution in [0.1, 0.15) is 24.8 Å². The Balaban J connectivity index is 2.14. The summed E-state index contributed by atoms with van der Waals surface area (Å²) in [6.45, 7) is 1.14. The number of carboxylic acids is 1. The van der Waals surface area contributed by atoms with Gasteiger partial charge in [0, 0.05) is 39.0 Å². The van der Waals surface area contributed by atoms with Crippen molar-refractivity contribution in [1.29, 1.82) is 0 Å². The summed E-state index contributed by atoms with van der Waals surface area (Å²) in [5, 5.41) is 11.3. The molecule has 110 valence electrons. The van der Waals surface area contributed by atoms with E-state index < -0.39 is 5.97 Å². The van der Waals surface area contributed by atoms with Gasteiger partial charge < -0.3 is 15.3 Å². The van der Waals surface area contributed by atoms with E-state index in [1.165, 1.54) is 0 Å². The molecule has 0 saturated carbocycles. The van der Waals surface area contributed by atoms with Crippen molar-refractivity contribution in [1.82, 2.24) is 15.2 Å². The normalized spacial score (nSPS) is 10.1. The van der Waals surface area contributed by atoms with Crippen molar-refractivity contribution in [2.45, 2.75) is 25.7 Å². The summed E-state index contributed by atoms with van der Waals surface area (Å²) in [6.07, 6.45) is 5.65. The Morgan fingerprint density at radius 1 is 1.30 bits per heavy atom. The Labute approximate surface area is 118 Å². The maximum absolute atomic E-state index is 11.7. The standard InChI is InChI=1S/C14H21N3O3/c1-17(11-7-12-5-9-15-10-6-12)14(20)16-8-3-2-4-13(18)19/h5-6,9-10H,2-4,7-8,11H2,1H3,(H,16,20)(H,18,19). The highest BCUT2D eigenvalue weighted by Crippen LogP contribution is 1.99. The first kappa shape index (κ1) is 15.9. The molecule has 0 unspecified atom stereocenters. The molecule has 0 radical (unpaired) electrons. The predicted octanol–water partition coefficient (Wildman–Crippen LogP) is 1.52. The van der Waals surface area contributed by atoms with Gasteiger partial charge >= 0.3 is 12.0 Å². The fraction of sp³-hybridized carbons (Fsp3) is 0.500. The zero-order valence-corrected chi connectivity index (χ0v) is 11.7. The number of carbonyl (C=O) groups excluding carboxylic acids is 1. The summed E-state index contributed by atoms with van der Waals surface area (Å²) in [5.74, 6) is -0.800. The lowest BCUT2D eigenvalue weighted by molar-refractivity contribution is -0.137. The molecule has 20 heavy (non-hydrogen) atoms. The van der Waals surface area contributed by atoms with Gasteiger partial charge in [0.25, 0.3) is 0 Å². The second-order valence-corrected chi connectivity index (χ2v) is 4.61. The monoisotopic (exact) mass is 279 g/mol. The van der Waals surface area contributed by atoms with E-state index in [2.05, 4.69) is 10.3 Å². The molecule has 0 aliphatic heterocycles. The predicted molar refractivity (Wildman–Crippen MR) is 75.5 cm³/mol. The minimum absolute atomic E-state index is 0.130. The van der Waals surface area contributed by atoms with Crippen LogP contribution in [0.4, 0.5) is 4.79 Å². The second kappa shape index (κ2) is 8.90. The topological polar surface area (TPSA) is 82.5 Å². The molecule has 2 amide bonds. The average Bonchev–Trinajstić information content (AvgIpc) is 2.45. The number of hydrogen-bond donors (Lipinski definition) is 2. The Morgan fingerprint density at radius 3 is 2.65 bits per heavy atom. The molecular weight excluding hydrogens is 258 g/mol. The summed E-state index contributed by atoms with van der Waals surface area (Å²) in [5.41, 5.74) is 1.14. The van der Waals surface area contributed by atoms with Crippen molar-refractivity contribution in [3.8, 4) is 0 Å². The maximum Gasteiger partial charge on any atom is 0.317 e. The number of amides is 2. The largest absolute Gasteiger partial charge is 0.481 e. The fourth-order valence-electron chi connectivity index (χ4n) is 1.68. The zero-order chi connectivity index (χ0) is 14.8. The number of likely N-dealkylation sites (N-methyl/N-ethyl adjacent to an activating group) is 1. The highest BCUT2D eigenvalue weighted by atomic mass is 16.4. The number of unbranched alkanes of at least 4 members (excludes halogenated alkanes) is 1. The van der Waals surface area contributed by atoms with Gasteiger partial charge in [-0.1, -0.05) is 0 Å². The first-order chi connectivity index (χ1) is 9.59. The summed E-state index contributed by atoms with van der Waals surface area (Å²) >= 11 is 0.